The number of ether oxygens (including phenoxy) is 1. The second kappa shape index (κ2) is 9.42. The summed E-state index contributed by atoms with van der Waals surface area (Å²) in [5.41, 5.74) is 4.61. The number of carbonyl (C=O) groups excluding carboxylic acids is 2. The zero-order chi connectivity index (χ0) is 22.7. The average molecular weight is 437 g/mol. The SMILES string of the molecule is CN(CC(=O)O)C(=O)[C@@H]1CCCC[C@@H]1NC(=O)OCC1c2ccccc2-c2ccccc21. The summed E-state index contributed by atoms with van der Waals surface area (Å²) in [5, 5.41) is 11.8. The van der Waals surface area contributed by atoms with Crippen LogP contribution in [0.5, 0.6) is 0 Å². The molecule has 1 saturated carbocycles. The molecule has 0 heterocycles. The molecule has 2 amide bonds. The van der Waals surface area contributed by atoms with Crippen molar-refractivity contribution >= 4 is 18.0 Å². The van der Waals surface area contributed by atoms with Gasteiger partial charge in [-0.2, -0.15) is 0 Å². The highest BCUT2D eigenvalue weighted by atomic mass is 16.5. The summed E-state index contributed by atoms with van der Waals surface area (Å²) < 4.78 is 5.63. The molecular formula is C25H28N2O5. The van der Waals surface area contributed by atoms with Gasteiger partial charge in [0.2, 0.25) is 5.91 Å². The smallest absolute Gasteiger partial charge is 0.407 e. The lowest BCUT2D eigenvalue weighted by Crippen LogP contribution is -2.49. The molecule has 1 fully saturated rings. The summed E-state index contributed by atoms with van der Waals surface area (Å²) in [7, 11) is 1.48. The van der Waals surface area contributed by atoms with E-state index < -0.39 is 18.0 Å². The highest BCUT2D eigenvalue weighted by molar-refractivity contribution is 5.84. The number of nitrogens with one attached hydrogen (secondary N) is 1. The monoisotopic (exact) mass is 436 g/mol. The van der Waals surface area contributed by atoms with Crippen LogP contribution in [0.3, 0.4) is 0 Å². The molecular weight excluding hydrogens is 408 g/mol. The van der Waals surface area contributed by atoms with Crippen molar-refractivity contribution in [3.05, 3.63) is 59.7 Å². The number of likely N-dealkylation sites (N-methyl/N-ethyl adjacent to an activating group) is 1. The molecule has 2 N–H and O–H groups in total. The van der Waals surface area contributed by atoms with Crippen LogP contribution in [-0.4, -0.2) is 54.2 Å². The predicted molar refractivity (Wildman–Crippen MR) is 119 cm³/mol. The van der Waals surface area contributed by atoms with Gasteiger partial charge in [-0.05, 0) is 35.1 Å². The number of fused-ring (bicyclic) bond motifs is 3. The maximum Gasteiger partial charge on any atom is 0.407 e. The van der Waals surface area contributed by atoms with Gasteiger partial charge in [-0.1, -0.05) is 61.4 Å². The summed E-state index contributed by atoms with van der Waals surface area (Å²) >= 11 is 0. The molecule has 0 bridgehead atoms. The fourth-order valence-electron chi connectivity index (χ4n) is 4.95. The zero-order valence-corrected chi connectivity index (χ0v) is 18.1. The Balaban J connectivity index is 1.40. The van der Waals surface area contributed by atoms with Gasteiger partial charge in [0.05, 0.1) is 5.92 Å². The molecule has 4 rings (SSSR count). The predicted octanol–water partition coefficient (Wildman–Crippen LogP) is 3.63. The van der Waals surface area contributed by atoms with Crippen LogP contribution in [-0.2, 0) is 14.3 Å². The number of aliphatic carboxylic acids is 1. The van der Waals surface area contributed by atoms with Crippen molar-refractivity contribution < 1.29 is 24.2 Å². The highest BCUT2D eigenvalue weighted by Gasteiger charge is 2.35. The van der Waals surface area contributed by atoms with Crippen LogP contribution in [0.4, 0.5) is 4.79 Å². The lowest BCUT2D eigenvalue weighted by molar-refractivity contribution is -0.146. The van der Waals surface area contributed by atoms with Gasteiger partial charge in [-0.25, -0.2) is 4.79 Å². The minimum Gasteiger partial charge on any atom is -0.480 e. The third kappa shape index (κ3) is 4.47. The molecule has 168 valence electrons. The van der Waals surface area contributed by atoms with E-state index in [0.29, 0.717) is 12.8 Å². The first kappa shape index (κ1) is 21.9. The number of nitrogens with zero attached hydrogens (tertiary/aromatic N) is 1. The minimum atomic E-state index is -1.06. The number of carboxylic acid groups (broad SMARTS) is 1. The maximum atomic E-state index is 12.7. The van der Waals surface area contributed by atoms with Crippen molar-refractivity contribution in [2.45, 2.75) is 37.6 Å². The Morgan fingerprint density at radius 3 is 2.22 bits per heavy atom. The van der Waals surface area contributed by atoms with Gasteiger partial charge in [0.1, 0.15) is 13.2 Å². The number of hydrogen-bond acceptors (Lipinski definition) is 4. The molecule has 32 heavy (non-hydrogen) atoms. The lowest BCUT2D eigenvalue weighted by atomic mass is 9.83. The van der Waals surface area contributed by atoms with Gasteiger partial charge in [0.25, 0.3) is 0 Å². The van der Waals surface area contributed by atoms with Crippen LogP contribution in [0.2, 0.25) is 0 Å². The van der Waals surface area contributed by atoms with Crippen LogP contribution in [0.25, 0.3) is 11.1 Å². The molecule has 0 unspecified atom stereocenters. The minimum absolute atomic E-state index is 0.0290. The van der Waals surface area contributed by atoms with Crippen molar-refractivity contribution in [3.8, 4) is 11.1 Å². The van der Waals surface area contributed by atoms with Crippen molar-refractivity contribution in [2.75, 3.05) is 20.2 Å². The summed E-state index contributed by atoms with van der Waals surface area (Å²) in [6.07, 6.45) is 2.52. The molecule has 0 radical (unpaired) electrons. The van der Waals surface area contributed by atoms with Crippen LogP contribution in [0, 0.1) is 5.92 Å². The van der Waals surface area contributed by atoms with E-state index >= 15 is 0 Å². The third-order valence-corrected chi connectivity index (χ3v) is 6.48. The van der Waals surface area contributed by atoms with E-state index in [1.165, 1.54) is 11.9 Å². The zero-order valence-electron chi connectivity index (χ0n) is 18.1. The molecule has 0 aliphatic heterocycles. The van der Waals surface area contributed by atoms with E-state index in [1.807, 2.05) is 24.3 Å². The van der Waals surface area contributed by atoms with Crippen LogP contribution in [0.15, 0.2) is 48.5 Å². The number of carboxylic acids is 1. The van der Waals surface area contributed by atoms with Gasteiger partial charge in [-0.3, -0.25) is 9.59 Å². The molecule has 2 atom stereocenters. The summed E-state index contributed by atoms with van der Waals surface area (Å²) in [5.74, 6) is -1.78. The average Bonchev–Trinajstić information content (AvgIpc) is 3.11. The fraction of sp³-hybridized carbons (Fsp3) is 0.400. The summed E-state index contributed by atoms with van der Waals surface area (Å²) in [4.78, 5) is 37.6. The largest absolute Gasteiger partial charge is 0.480 e. The van der Waals surface area contributed by atoms with Crippen molar-refractivity contribution in [3.63, 3.8) is 0 Å². The standard InChI is InChI=1S/C25H28N2O5/c1-27(14-23(28)29)24(30)20-12-6-7-13-22(20)26-25(31)32-15-21-18-10-4-2-8-16(18)17-9-3-5-11-19(17)21/h2-5,8-11,20-22H,6-7,12-15H2,1H3,(H,26,31)(H,28,29)/t20-,22+/m1/s1. The maximum absolute atomic E-state index is 12.7. The van der Waals surface area contributed by atoms with E-state index in [1.54, 1.807) is 0 Å². The Bertz CT molecular complexity index is 975. The van der Waals surface area contributed by atoms with Crippen molar-refractivity contribution in [2.24, 2.45) is 5.92 Å². The van der Waals surface area contributed by atoms with E-state index in [-0.39, 0.29) is 31.0 Å². The van der Waals surface area contributed by atoms with E-state index in [4.69, 9.17) is 9.84 Å². The third-order valence-electron chi connectivity index (χ3n) is 6.48. The highest BCUT2D eigenvalue weighted by Crippen LogP contribution is 2.44. The quantitative estimate of drug-likeness (QED) is 0.721. The van der Waals surface area contributed by atoms with Gasteiger partial charge in [-0.15, -0.1) is 0 Å². The molecule has 7 nitrogen and oxygen atoms in total. The Morgan fingerprint density at radius 2 is 1.59 bits per heavy atom. The van der Waals surface area contributed by atoms with Crippen molar-refractivity contribution in [1.82, 2.24) is 10.2 Å². The Hall–Kier alpha value is -3.35. The molecule has 2 aromatic carbocycles. The molecule has 2 aromatic rings. The first-order chi connectivity index (χ1) is 15.5. The molecule has 0 spiro atoms. The summed E-state index contributed by atoms with van der Waals surface area (Å²) in [6.45, 7) is -0.142. The van der Waals surface area contributed by atoms with Crippen molar-refractivity contribution in [1.29, 1.82) is 0 Å². The number of rotatable bonds is 6. The number of hydrogen-bond donors (Lipinski definition) is 2. The number of benzene rings is 2. The Kier molecular flexibility index (Phi) is 6.44. The number of carbonyl (C=O) groups is 3. The second-order valence-corrected chi connectivity index (χ2v) is 8.56. The van der Waals surface area contributed by atoms with Crippen LogP contribution >= 0.6 is 0 Å². The van der Waals surface area contributed by atoms with Gasteiger partial charge in [0, 0.05) is 19.0 Å². The Labute approximate surface area is 187 Å². The van der Waals surface area contributed by atoms with Gasteiger partial charge in [0.15, 0.2) is 0 Å². The fourth-order valence-corrected chi connectivity index (χ4v) is 4.95. The van der Waals surface area contributed by atoms with Gasteiger partial charge < -0.3 is 20.1 Å². The molecule has 0 aromatic heterocycles. The van der Waals surface area contributed by atoms with E-state index in [2.05, 4.69) is 29.6 Å². The second-order valence-electron chi connectivity index (χ2n) is 8.56. The topological polar surface area (TPSA) is 95.9 Å². The number of alkyl carbamates (subject to hydrolysis) is 1. The first-order valence-corrected chi connectivity index (χ1v) is 11.0. The van der Waals surface area contributed by atoms with E-state index in [0.717, 1.165) is 35.1 Å². The molecule has 7 heteroatoms. The van der Waals surface area contributed by atoms with Crippen LogP contribution < -0.4 is 5.32 Å². The van der Waals surface area contributed by atoms with Gasteiger partial charge >= 0.3 is 12.1 Å². The normalized spacial score (nSPS) is 19.5. The first-order valence-electron chi connectivity index (χ1n) is 11.0. The molecule has 2 aliphatic rings. The molecule has 2 aliphatic carbocycles. The van der Waals surface area contributed by atoms with Crippen LogP contribution in [0.1, 0.15) is 42.7 Å². The lowest BCUT2D eigenvalue weighted by Gasteiger charge is -2.33. The number of amides is 2. The van der Waals surface area contributed by atoms with E-state index in [9.17, 15) is 14.4 Å². The summed E-state index contributed by atoms with van der Waals surface area (Å²) in [6, 6.07) is 15.9. The Morgan fingerprint density at radius 1 is 1.00 bits per heavy atom. The molecule has 0 saturated heterocycles.